The van der Waals surface area contributed by atoms with Crippen LogP contribution in [0.5, 0.6) is 0 Å². The predicted octanol–water partition coefficient (Wildman–Crippen LogP) is 1.42. The second-order valence-corrected chi connectivity index (χ2v) is 2.96. The first-order valence-electron chi connectivity index (χ1n) is 5.12. The number of unbranched alkanes of at least 4 members (excludes halogenated alkanes) is 2. The molecular formula is C10H20N2O5. The molecule has 7 heteroatoms. The van der Waals surface area contributed by atoms with Crippen molar-refractivity contribution in [1.82, 2.24) is 0 Å². The van der Waals surface area contributed by atoms with E-state index in [1.165, 1.54) is 6.08 Å². The summed E-state index contributed by atoms with van der Waals surface area (Å²) in [4.78, 5) is 19.1. The Balaban J connectivity index is 0. The molecule has 0 saturated carbocycles. The van der Waals surface area contributed by atoms with Gasteiger partial charge in [0.2, 0.25) is 6.29 Å². The molecule has 0 saturated heterocycles. The first kappa shape index (κ1) is 17.6. The molecule has 1 unspecified atom stereocenters. The van der Waals surface area contributed by atoms with Gasteiger partial charge in [-0.2, -0.15) is 0 Å². The number of ether oxygens (including phenoxy) is 2. The molecule has 0 aromatic carbocycles. The second-order valence-electron chi connectivity index (χ2n) is 2.96. The van der Waals surface area contributed by atoms with Crippen molar-refractivity contribution >= 4 is 12.2 Å². The topological polar surface area (TPSA) is 125 Å². The van der Waals surface area contributed by atoms with E-state index in [1.807, 2.05) is 0 Å². The molecule has 0 radical (unpaired) electrons. The first-order chi connectivity index (χ1) is 7.93. The summed E-state index contributed by atoms with van der Waals surface area (Å²) in [6.07, 6.45) is 1.67. The SMILES string of the molecule is C=CC(OCCCCC)OC(N)=O.NC(=O)O. The first-order valence-corrected chi connectivity index (χ1v) is 5.12. The van der Waals surface area contributed by atoms with E-state index in [1.54, 1.807) is 0 Å². The van der Waals surface area contributed by atoms with Crippen LogP contribution in [0.2, 0.25) is 0 Å². The Morgan fingerprint density at radius 1 is 1.41 bits per heavy atom. The maximum atomic E-state index is 10.3. The zero-order chi connectivity index (χ0) is 13.7. The molecule has 5 N–H and O–H groups in total. The number of amides is 2. The highest BCUT2D eigenvalue weighted by atomic mass is 16.7. The van der Waals surface area contributed by atoms with Crippen molar-refractivity contribution in [2.45, 2.75) is 32.5 Å². The van der Waals surface area contributed by atoms with Gasteiger partial charge in [-0.25, -0.2) is 9.59 Å². The highest BCUT2D eigenvalue weighted by Gasteiger charge is 2.06. The number of carbonyl (C=O) groups is 2. The molecule has 2 amide bonds. The summed E-state index contributed by atoms with van der Waals surface area (Å²) in [6.45, 7) is 6.11. The maximum absolute atomic E-state index is 10.3. The third-order valence-electron chi connectivity index (χ3n) is 1.45. The number of carboxylic acid groups (broad SMARTS) is 1. The fourth-order valence-corrected chi connectivity index (χ4v) is 0.816. The third kappa shape index (κ3) is 20.3. The summed E-state index contributed by atoms with van der Waals surface area (Å²) in [6, 6.07) is 0. The van der Waals surface area contributed by atoms with Gasteiger partial charge in [0.1, 0.15) is 0 Å². The van der Waals surface area contributed by atoms with Crippen LogP contribution >= 0.6 is 0 Å². The van der Waals surface area contributed by atoms with Gasteiger partial charge >= 0.3 is 12.2 Å². The number of rotatable bonds is 7. The lowest BCUT2D eigenvalue weighted by atomic mass is 10.3. The lowest BCUT2D eigenvalue weighted by molar-refractivity contribution is -0.0698. The molecule has 0 heterocycles. The van der Waals surface area contributed by atoms with E-state index in [4.69, 9.17) is 20.4 Å². The normalized spacial score (nSPS) is 10.6. The summed E-state index contributed by atoms with van der Waals surface area (Å²) in [5, 5.41) is 7.19. The quantitative estimate of drug-likeness (QED) is 0.357. The van der Waals surface area contributed by atoms with Gasteiger partial charge in [-0.05, 0) is 12.5 Å². The Bertz CT molecular complexity index is 229. The van der Waals surface area contributed by atoms with Crippen LogP contribution in [0.1, 0.15) is 26.2 Å². The molecule has 17 heavy (non-hydrogen) atoms. The van der Waals surface area contributed by atoms with Crippen LogP contribution in [0.15, 0.2) is 12.7 Å². The molecule has 0 aromatic rings. The maximum Gasteiger partial charge on any atom is 0.407 e. The molecule has 0 aromatic heterocycles. The van der Waals surface area contributed by atoms with E-state index < -0.39 is 18.5 Å². The lowest BCUT2D eigenvalue weighted by Gasteiger charge is -2.12. The minimum absolute atomic E-state index is 0.553. The Hall–Kier alpha value is -1.76. The smallest absolute Gasteiger partial charge is 0.407 e. The van der Waals surface area contributed by atoms with Crippen molar-refractivity contribution < 1.29 is 24.2 Å². The van der Waals surface area contributed by atoms with Crippen molar-refractivity contribution in [2.24, 2.45) is 11.5 Å². The lowest BCUT2D eigenvalue weighted by Crippen LogP contribution is -2.23. The number of carbonyl (C=O) groups excluding carboxylic acids is 1. The van der Waals surface area contributed by atoms with E-state index in [0.29, 0.717) is 6.61 Å². The third-order valence-corrected chi connectivity index (χ3v) is 1.45. The number of nitrogens with two attached hydrogens (primary N) is 2. The van der Waals surface area contributed by atoms with Gasteiger partial charge in [0.05, 0.1) is 6.61 Å². The van der Waals surface area contributed by atoms with Crippen molar-refractivity contribution in [3.63, 3.8) is 0 Å². The fraction of sp³-hybridized carbons (Fsp3) is 0.600. The zero-order valence-corrected chi connectivity index (χ0v) is 9.93. The van der Waals surface area contributed by atoms with Gasteiger partial charge in [-0.15, -0.1) is 0 Å². The number of hydrogen-bond donors (Lipinski definition) is 3. The Morgan fingerprint density at radius 2 is 1.94 bits per heavy atom. The van der Waals surface area contributed by atoms with Crippen molar-refractivity contribution in [1.29, 1.82) is 0 Å². The molecule has 0 fully saturated rings. The van der Waals surface area contributed by atoms with Gasteiger partial charge in [0.25, 0.3) is 0 Å². The van der Waals surface area contributed by atoms with Gasteiger partial charge in [0.15, 0.2) is 0 Å². The van der Waals surface area contributed by atoms with E-state index in [2.05, 4.69) is 24.0 Å². The summed E-state index contributed by atoms with van der Waals surface area (Å²) in [5.74, 6) is 0. The van der Waals surface area contributed by atoms with Crippen molar-refractivity contribution in [3.05, 3.63) is 12.7 Å². The molecule has 0 rings (SSSR count). The highest BCUT2D eigenvalue weighted by Crippen LogP contribution is 2.00. The molecule has 0 aliphatic heterocycles. The van der Waals surface area contributed by atoms with Gasteiger partial charge in [-0.1, -0.05) is 26.3 Å². The van der Waals surface area contributed by atoms with Crippen LogP contribution in [0, 0.1) is 0 Å². The summed E-state index contributed by atoms with van der Waals surface area (Å²) >= 11 is 0. The Labute approximate surface area is 100 Å². The highest BCUT2D eigenvalue weighted by molar-refractivity contribution is 5.64. The minimum atomic E-state index is -1.33. The zero-order valence-electron chi connectivity index (χ0n) is 9.93. The molecule has 0 aliphatic rings. The van der Waals surface area contributed by atoms with E-state index in [-0.39, 0.29) is 0 Å². The van der Waals surface area contributed by atoms with E-state index >= 15 is 0 Å². The molecule has 7 nitrogen and oxygen atoms in total. The van der Waals surface area contributed by atoms with E-state index in [9.17, 15) is 4.79 Å². The number of hydrogen-bond acceptors (Lipinski definition) is 4. The van der Waals surface area contributed by atoms with Gasteiger partial charge < -0.3 is 26.0 Å². The van der Waals surface area contributed by atoms with Crippen LogP contribution in [-0.2, 0) is 9.47 Å². The standard InChI is InChI=1S/C9H17NO3.CH3NO2/c1-3-5-6-7-12-8(4-2)13-9(10)11;2-1(3)4/h4,8H,2-3,5-7H2,1H3,(H2,10,11);2H2,(H,3,4). The largest absolute Gasteiger partial charge is 0.465 e. The molecule has 0 aliphatic carbocycles. The fourth-order valence-electron chi connectivity index (χ4n) is 0.816. The molecule has 0 spiro atoms. The summed E-state index contributed by atoms with van der Waals surface area (Å²) in [5.41, 5.74) is 8.84. The Morgan fingerprint density at radius 3 is 2.29 bits per heavy atom. The molecule has 1 atom stereocenters. The predicted molar refractivity (Wildman–Crippen MR) is 62.3 cm³/mol. The minimum Gasteiger partial charge on any atom is -0.465 e. The van der Waals surface area contributed by atoms with Crippen LogP contribution < -0.4 is 11.5 Å². The summed E-state index contributed by atoms with van der Waals surface area (Å²) in [7, 11) is 0. The number of primary amides is 2. The van der Waals surface area contributed by atoms with Crippen molar-refractivity contribution in [2.75, 3.05) is 6.61 Å². The summed E-state index contributed by atoms with van der Waals surface area (Å²) < 4.78 is 9.74. The Kier molecular flexibility index (Phi) is 12.8. The average molecular weight is 248 g/mol. The van der Waals surface area contributed by atoms with Gasteiger partial charge in [0, 0.05) is 0 Å². The van der Waals surface area contributed by atoms with Crippen LogP contribution in [0.3, 0.4) is 0 Å². The van der Waals surface area contributed by atoms with E-state index in [0.717, 1.165) is 19.3 Å². The molecule has 0 bridgehead atoms. The van der Waals surface area contributed by atoms with Crippen LogP contribution in [-0.4, -0.2) is 30.2 Å². The average Bonchev–Trinajstić information content (AvgIpc) is 2.21. The monoisotopic (exact) mass is 248 g/mol. The molecular weight excluding hydrogens is 228 g/mol. The van der Waals surface area contributed by atoms with Crippen molar-refractivity contribution in [3.8, 4) is 0 Å². The second kappa shape index (κ2) is 12.3. The molecule has 100 valence electrons. The van der Waals surface area contributed by atoms with Crippen LogP contribution in [0.25, 0.3) is 0 Å². The van der Waals surface area contributed by atoms with Crippen LogP contribution in [0.4, 0.5) is 9.59 Å². The van der Waals surface area contributed by atoms with Gasteiger partial charge in [-0.3, -0.25) is 0 Å².